The summed E-state index contributed by atoms with van der Waals surface area (Å²) in [5.74, 6) is 0.191. The highest BCUT2D eigenvalue weighted by molar-refractivity contribution is 6.30. The van der Waals surface area contributed by atoms with Crippen LogP contribution in [0, 0.1) is 5.92 Å². The second-order valence-electron chi connectivity index (χ2n) is 8.45. The predicted octanol–water partition coefficient (Wildman–Crippen LogP) is 4.64. The van der Waals surface area contributed by atoms with Crippen LogP contribution >= 0.6 is 23.2 Å². The van der Waals surface area contributed by atoms with Crippen molar-refractivity contribution in [2.24, 2.45) is 5.92 Å². The van der Waals surface area contributed by atoms with Gasteiger partial charge in [-0.25, -0.2) is 0 Å². The Morgan fingerprint density at radius 2 is 1.60 bits per heavy atom. The minimum absolute atomic E-state index is 0.0203. The van der Waals surface area contributed by atoms with Gasteiger partial charge in [-0.05, 0) is 80.7 Å². The number of halogens is 2. The van der Waals surface area contributed by atoms with Crippen LogP contribution in [0.4, 0.5) is 5.69 Å². The molecule has 0 saturated carbocycles. The largest absolute Gasteiger partial charge is 0.371 e. The van der Waals surface area contributed by atoms with Gasteiger partial charge in [-0.3, -0.25) is 4.79 Å². The molecule has 2 heterocycles. The Balaban J connectivity index is 1.37. The fourth-order valence-electron chi connectivity index (χ4n) is 4.52. The summed E-state index contributed by atoms with van der Waals surface area (Å²) in [7, 11) is 0. The lowest BCUT2D eigenvalue weighted by atomic mass is 10.0. The van der Waals surface area contributed by atoms with E-state index in [1.54, 1.807) is 0 Å². The first-order chi connectivity index (χ1) is 14.6. The molecule has 1 N–H and O–H groups in total. The Morgan fingerprint density at radius 3 is 2.27 bits per heavy atom. The van der Waals surface area contributed by atoms with Crippen molar-refractivity contribution in [3.8, 4) is 0 Å². The van der Waals surface area contributed by atoms with Gasteiger partial charge in [0.15, 0.2) is 0 Å². The number of hydrogen-bond acceptors (Lipinski definition) is 3. The van der Waals surface area contributed by atoms with Gasteiger partial charge >= 0.3 is 0 Å². The zero-order valence-electron chi connectivity index (χ0n) is 17.2. The Bertz CT molecular complexity index is 835. The lowest BCUT2D eigenvalue weighted by Crippen LogP contribution is -2.46. The molecule has 2 aliphatic rings. The third kappa shape index (κ3) is 5.69. The summed E-state index contributed by atoms with van der Waals surface area (Å²) in [6.45, 7) is 4.81. The molecular weight excluding hydrogens is 417 g/mol. The van der Waals surface area contributed by atoms with Crippen molar-refractivity contribution >= 4 is 34.8 Å². The molecule has 2 saturated heterocycles. The molecular formula is C24H29Cl2N3O. The number of amides is 1. The Hall–Kier alpha value is -1.75. The minimum Gasteiger partial charge on any atom is -0.371 e. The summed E-state index contributed by atoms with van der Waals surface area (Å²) in [4.78, 5) is 17.8. The highest BCUT2D eigenvalue weighted by Crippen LogP contribution is 2.25. The molecule has 4 nitrogen and oxygen atoms in total. The summed E-state index contributed by atoms with van der Waals surface area (Å²) >= 11 is 12.0. The molecule has 4 rings (SSSR count). The average molecular weight is 446 g/mol. The highest BCUT2D eigenvalue weighted by Gasteiger charge is 2.30. The summed E-state index contributed by atoms with van der Waals surface area (Å²) in [6, 6.07) is 15.9. The maximum Gasteiger partial charge on any atom is 0.225 e. The van der Waals surface area contributed by atoms with Crippen molar-refractivity contribution in [3.63, 3.8) is 0 Å². The summed E-state index contributed by atoms with van der Waals surface area (Å²) in [5, 5.41) is 4.85. The van der Waals surface area contributed by atoms with Gasteiger partial charge in [-0.2, -0.15) is 0 Å². The van der Waals surface area contributed by atoms with E-state index in [0.717, 1.165) is 61.3 Å². The molecule has 0 aliphatic carbocycles. The van der Waals surface area contributed by atoms with E-state index >= 15 is 0 Å². The van der Waals surface area contributed by atoms with Crippen LogP contribution < -0.4 is 10.2 Å². The first-order valence-corrected chi connectivity index (χ1v) is 11.6. The number of rotatable bonds is 7. The van der Waals surface area contributed by atoms with E-state index in [9.17, 15) is 4.79 Å². The molecule has 2 fully saturated rings. The molecule has 160 valence electrons. The van der Waals surface area contributed by atoms with Crippen molar-refractivity contribution in [2.75, 3.05) is 37.6 Å². The molecule has 1 unspecified atom stereocenters. The number of carbonyl (C=O) groups excluding carboxylic acids is 1. The maximum atomic E-state index is 13.1. The zero-order valence-corrected chi connectivity index (χ0v) is 18.7. The number of benzene rings is 2. The fourth-order valence-corrected chi connectivity index (χ4v) is 4.77. The minimum atomic E-state index is 0.0203. The first kappa shape index (κ1) is 21.5. The highest BCUT2D eigenvalue weighted by atomic mass is 35.5. The molecule has 0 radical (unpaired) electrons. The van der Waals surface area contributed by atoms with Crippen molar-refractivity contribution in [1.82, 2.24) is 10.2 Å². The molecule has 30 heavy (non-hydrogen) atoms. The lowest BCUT2D eigenvalue weighted by molar-refractivity contribution is -0.125. The number of nitrogens with one attached hydrogen (secondary N) is 1. The van der Waals surface area contributed by atoms with Crippen LogP contribution in [-0.4, -0.2) is 49.6 Å². The van der Waals surface area contributed by atoms with Crippen molar-refractivity contribution in [2.45, 2.75) is 31.7 Å². The molecule has 2 atom stereocenters. The van der Waals surface area contributed by atoms with Crippen LogP contribution in [0.25, 0.3) is 0 Å². The molecule has 1 amide bonds. The number of anilines is 1. The van der Waals surface area contributed by atoms with Crippen LogP contribution in [0.5, 0.6) is 0 Å². The van der Waals surface area contributed by atoms with Crippen molar-refractivity contribution < 1.29 is 4.79 Å². The smallest absolute Gasteiger partial charge is 0.225 e. The number of carbonyl (C=O) groups is 1. The third-order valence-electron chi connectivity index (χ3n) is 6.17. The SMILES string of the molecule is O=C(NC(Cc1ccc(Cl)cc1)CN1CCCC1)[C@@H]1CCN(c2ccc(Cl)cc2)C1. The maximum absolute atomic E-state index is 13.1. The van der Waals surface area contributed by atoms with Crippen LogP contribution in [0.1, 0.15) is 24.8 Å². The van der Waals surface area contributed by atoms with Crippen molar-refractivity contribution in [1.29, 1.82) is 0 Å². The molecule has 0 bridgehead atoms. The van der Waals surface area contributed by atoms with E-state index < -0.39 is 0 Å². The Morgan fingerprint density at radius 1 is 0.967 bits per heavy atom. The van der Waals surface area contributed by atoms with Crippen molar-refractivity contribution in [3.05, 3.63) is 64.1 Å². The van der Waals surface area contributed by atoms with Crippen LogP contribution in [0.3, 0.4) is 0 Å². The normalized spacial score (nSPS) is 20.5. The Kier molecular flexibility index (Phi) is 7.19. The van der Waals surface area contributed by atoms with Crippen LogP contribution in [-0.2, 0) is 11.2 Å². The average Bonchev–Trinajstić information content (AvgIpc) is 3.42. The topological polar surface area (TPSA) is 35.6 Å². The third-order valence-corrected chi connectivity index (χ3v) is 6.67. The van der Waals surface area contributed by atoms with E-state index in [0.29, 0.717) is 0 Å². The van der Waals surface area contributed by atoms with Crippen LogP contribution in [0.15, 0.2) is 48.5 Å². The van der Waals surface area contributed by atoms with Gasteiger partial charge in [0.1, 0.15) is 0 Å². The van der Waals surface area contributed by atoms with E-state index in [-0.39, 0.29) is 17.9 Å². The van der Waals surface area contributed by atoms with Gasteiger partial charge in [-0.1, -0.05) is 35.3 Å². The van der Waals surface area contributed by atoms with Gasteiger partial charge in [-0.15, -0.1) is 0 Å². The van der Waals surface area contributed by atoms with E-state index in [4.69, 9.17) is 23.2 Å². The number of likely N-dealkylation sites (tertiary alicyclic amines) is 1. The van der Waals surface area contributed by atoms with E-state index in [1.807, 2.05) is 36.4 Å². The monoisotopic (exact) mass is 445 g/mol. The lowest BCUT2D eigenvalue weighted by Gasteiger charge is -2.26. The van der Waals surface area contributed by atoms with Gasteiger partial charge in [0.25, 0.3) is 0 Å². The first-order valence-electron chi connectivity index (χ1n) is 10.8. The predicted molar refractivity (Wildman–Crippen MR) is 125 cm³/mol. The zero-order chi connectivity index (χ0) is 20.9. The molecule has 2 aliphatic heterocycles. The van der Waals surface area contributed by atoms with Gasteiger partial charge < -0.3 is 15.1 Å². The molecule has 0 spiro atoms. The number of nitrogens with zero attached hydrogens (tertiary/aromatic N) is 2. The Labute approximate surface area is 189 Å². The second-order valence-corrected chi connectivity index (χ2v) is 9.32. The molecule has 2 aromatic carbocycles. The summed E-state index contributed by atoms with van der Waals surface area (Å²) < 4.78 is 0. The summed E-state index contributed by atoms with van der Waals surface area (Å²) in [5.41, 5.74) is 2.34. The fraction of sp³-hybridized carbons (Fsp3) is 0.458. The molecule has 0 aromatic heterocycles. The van der Waals surface area contributed by atoms with Gasteiger partial charge in [0.05, 0.1) is 5.92 Å². The van der Waals surface area contributed by atoms with Gasteiger partial charge in [0.2, 0.25) is 5.91 Å². The molecule has 2 aromatic rings. The quantitative estimate of drug-likeness (QED) is 0.673. The summed E-state index contributed by atoms with van der Waals surface area (Å²) in [6.07, 6.45) is 4.21. The standard InChI is InChI=1S/C24H29Cl2N3O/c25-20-5-3-18(4-6-20)15-22(17-28-12-1-2-13-28)27-24(30)19-11-14-29(16-19)23-9-7-21(26)8-10-23/h3-10,19,22H,1-2,11-17H2,(H,27,30)/t19-,22?/m1/s1. The van der Waals surface area contributed by atoms with Gasteiger partial charge in [0, 0.05) is 41.4 Å². The van der Waals surface area contributed by atoms with E-state index in [2.05, 4.69) is 27.2 Å². The number of hydrogen-bond donors (Lipinski definition) is 1. The van der Waals surface area contributed by atoms with E-state index in [1.165, 1.54) is 18.4 Å². The molecule has 6 heteroatoms. The van der Waals surface area contributed by atoms with Crippen LogP contribution in [0.2, 0.25) is 10.0 Å². The second kappa shape index (κ2) is 10.0.